The summed E-state index contributed by atoms with van der Waals surface area (Å²) < 4.78 is 0. The first-order chi connectivity index (χ1) is 13.5. The van der Waals surface area contributed by atoms with Crippen molar-refractivity contribution in [2.75, 3.05) is 18.1 Å². The Kier molecular flexibility index (Phi) is 19.5. The maximum atomic E-state index is 3.97. The maximum Gasteiger partial charge on any atom is 0.0423 e. The van der Waals surface area contributed by atoms with Crippen molar-refractivity contribution < 1.29 is 0 Å². The van der Waals surface area contributed by atoms with Crippen molar-refractivity contribution in [1.29, 1.82) is 0 Å². The molecule has 1 aromatic heterocycles. The Morgan fingerprint density at radius 2 is 1.19 bits per heavy atom. The van der Waals surface area contributed by atoms with E-state index in [9.17, 15) is 0 Å². The fourth-order valence-corrected chi connectivity index (χ4v) is 4.22. The summed E-state index contributed by atoms with van der Waals surface area (Å²) in [4.78, 5) is 3.97. The molecule has 3 aliphatic heterocycles. The van der Waals surface area contributed by atoms with Gasteiger partial charge < -0.3 is 0 Å². The topological polar surface area (TPSA) is 12.4 Å². The highest BCUT2D eigenvalue weighted by Crippen LogP contribution is 2.15. The van der Waals surface area contributed by atoms with Crippen LogP contribution in [0.5, 0.6) is 0 Å². The van der Waals surface area contributed by atoms with E-state index in [1.54, 1.807) is 11.3 Å². The van der Waals surface area contributed by atoms with Gasteiger partial charge in [-0.05, 0) is 46.9 Å². The third-order valence-corrected chi connectivity index (χ3v) is 6.21. The fraction of sp³-hybridized carbons (Fsp3) is 0.522. The van der Waals surface area contributed by atoms with Gasteiger partial charge in [0.2, 0.25) is 0 Å². The van der Waals surface area contributed by atoms with Gasteiger partial charge in [0.25, 0.3) is 0 Å². The van der Waals surface area contributed by atoms with Crippen LogP contribution in [0.3, 0.4) is 0 Å². The lowest BCUT2D eigenvalue weighted by atomic mass is 10.0. The third-order valence-electron chi connectivity index (χ3n) is 3.87. The summed E-state index contributed by atoms with van der Waals surface area (Å²) in [6, 6.07) is 4.04. The van der Waals surface area contributed by atoms with Crippen molar-refractivity contribution in [3.8, 4) is 0 Å². The number of dihydropyridines is 1. The third kappa shape index (κ3) is 19.8. The van der Waals surface area contributed by atoms with E-state index in [1.165, 1.54) is 62.9 Å². The predicted octanol–water partition coefficient (Wildman–Crippen LogP) is 8.38. The molecule has 0 unspecified atom stereocenters. The lowest BCUT2D eigenvalue weighted by molar-refractivity contribution is 0.504. The quantitative estimate of drug-likeness (QED) is 0.417. The zero-order valence-electron chi connectivity index (χ0n) is 16.5. The van der Waals surface area contributed by atoms with Crippen LogP contribution in [0.15, 0.2) is 63.0 Å². The minimum absolute atomic E-state index is 0.983. The van der Waals surface area contributed by atoms with Gasteiger partial charge in [-0.1, -0.05) is 68.9 Å². The second-order valence-electron chi connectivity index (χ2n) is 6.25. The van der Waals surface area contributed by atoms with Gasteiger partial charge in [-0.2, -0.15) is 11.3 Å². The molecular weight excluding hydrogens is 386 g/mol. The van der Waals surface area contributed by atoms with Crippen LogP contribution >= 0.6 is 34.9 Å². The number of hydrogen-bond donors (Lipinski definition) is 0. The van der Waals surface area contributed by atoms with E-state index < -0.39 is 0 Å². The number of thiophene rings is 1. The fourth-order valence-electron chi connectivity index (χ4n) is 2.41. The highest BCUT2D eigenvalue weighted by atomic mass is 32.2. The van der Waals surface area contributed by atoms with E-state index in [2.05, 4.69) is 34.0 Å². The average Bonchev–Trinajstić information content (AvgIpc) is 3.58. The van der Waals surface area contributed by atoms with Crippen molar-refractivity contribution in [1.82, 2.24) is 0 Å². The van der Waals surface area contributed by atoms with Gasteiger partial charge in [0, 0.05) is 24.3 Å². The van der Waals surface area contributed by atoms with Gasteiger partial charge in [-0.15, -0.1) is 23.5 Å². The second-order valence-corrected chi connectivity index (χ2v) is 9.09. The summed E-state index contributed by atoms with van der Waals surface area (Å²) in [5, 5.41) is 8.39. The molecule has 0 amide bonds. The van der Waals surface area contributed by atoms with E-state index in [1.807, 2.05) is 58.7 Å². The van der Waals surface area contributed by atoms with Gasteiger partial charge in [0.05, 0.1) is 0 Å². The number of rotatable bonds is 0. The van der Waals surface area contributed by atoms with Crippen molar-refractivity contribution in [2.24, 2.45) is 4.99 Å². The number of thioether (sulfide) groups is 2. The molecule has 0 saturated heterocycles. The summed E-state index contributed by atoms with van der Waals surface area (Å²) in [5.74, 6) is 2.61. The molecule has 0 radical (unpaired) electrons. The Hall–Kier alpha value is -0.710. The first kappa shape index (κ1) is 24.3. The van der Waals surface area contributed by atoms with Crippen LogP contribution in [0, 0.1) is 0 Å². The molecule has 1 aliphatic carbocycles. The van der Waals surface area contributed by atoms with E-state index in [4.69, 9.17) is 0 Å². The first-order valence-corrected chi connectivity index (χ1v) is 13.2. The Bertz CT molecular complexity index is 431. The minimum atomic E-state index is 0.983. The van der Waals surface area contributed by atoms with Gasteiger partial charge in [0.15, 0.2) is 0 Å². The van der Waals surface area contributed by atoms with E-state index in [-0.39, 0.29) is 0 Å². The van der Waals surface area contributed by atoms with Gasteiger partial charge >= 0.3 is 0 Å². The largest absolute Gasteiger partial charge is 0.293 e. The molecule has 5 rings (SSSR count). The van der Waals surface area contributed by atoms with Crippen molar-refractivity contribution in [3.63, 3.8) is 0 Å². The molecule has 150 valence electrons. The van der Waals surface area contributed by atoms with Crippen molar-refractivity contribution in [2.45, 2.75) is 57.8 Å². The summed E-state index contributed by atoms with van der Waals surface area (Å²) in [5.41, 5.74) is 0. The van der Waals surface area contributed by atoms with Gasteiger partial charge in [-0.25, -0.2) is 0 Å². The average molecular weight is 422 g/mol. The van der Waals surface area contributed by atoms with Crippen molar-refractivity contribution >= 4 is 41.1 Å². The molecular formula is C23H35NS3. The number of aliphatic imine (C=N–C) groups is 1. The Morgan fingerprint density at radius 3 is 1.33 bits per heavy atom. The predicted molar refractivity (Wildman–Crippen MR) is 132 cm³/mol. The SMILES string of the molecule is C1=CCCN=C1.C1=CSCC1.C1=CSCC1.C1CCCCC1.c1ccsc1. The second kappa shape index (κ2) is 21.6. The van der Waals surface area contributed by atoms with E-state index in [0.717, 1.165) is 13.0 Å². The highest BCUT2D eigenvalue weighted by molar-refractivity contribution is 8.02. The molecule has 1 aromatic rings. The van der Waals surface area contributed by atoms with Crippen LogP contribution in [0.4, 0.5) is 0 Å². The molecule has 4 heteroatoms. The first-order valence-electron chi connectivity index (χ1n) is 10.2. The zero-order chi connectivity index (χ0) is 19.1. The minimum Gasteiger partial charge on any atom is -0.293 e. The van der Waals surface area contributed by atoms with Gasteiger partial charge in [-0.3, -0.25) is 4.99 Å². The normalized spacial score (nSPS) is 18.7. The maximum absolute atomic E-state index is 3.97. The summed E-state index contributed by atoms with van der Waals surface area (Å²) in [6.45, 7) is 0.983. The number of allylic oxidation sites excluding steroid dienone is 3. The molecule has 1 nitrogen and oxygen atoms in total. The van der Waals surface area contributed by atoms with Crippen LogP contribution in [0.1, 0.15) is 57.8 Å². The smallest absolute Gasteiger partial charge is 0.0423 e. The molecule has 1 saturated carbocycles. The molecule has 4 aliphatic rings. The monoisotopic (exact) mass is 421 g/mol. The lowest BCUT2D eigenvalue weighted by Crippen LogP contribution is -1.85. The molecule has 1 fully saturated rings. The molecule has 0 bridgehead atoms. The molecule has 0 aromatic carbocycles. The van der Waals surface area contributed by atoms with Crippen LogP contribution in [0.2, 0.25) is 0 Å². The molecule has 0 atom stereocenters. The van der Waals surface area contributed by atoms with Crippen LogP contribution in [0.25, 0.3) is 0 Å². The summed E-state index contributed by atoms with van der Waals surface area (Å²) in [6.07, 6.45) is 23.0. The van der Waals surface area contributed by atoms with Crippen LogP contribution < -0.4 is 0 Å². The molecule has 0 N–H and O–H groups in total. The Balaban J connectivity index is 0.000000169. The zero-order valence-corrected chi connectivity index (χ0v) is 19.0. The number of nitrogens with zero attached hydrogens (tertiary/aromatic N) is 1. The number of hydrogen-bond acceptors (Lipinski definition) is 4. The van der Waals surface area contributed by atoms with Crippen LogP contribution in [-0.4, -0.2) is 24.3 Å². The molecule has 27 heavy (non-hydrogen) atoms. The highest BCUT2D eigenvalue weighted by Gasteiger charge is 1.95. The van der Waals surface area contributed by atoms with Crippen LogP contribution in [-0.2, 0) is 0 Å². The molecule has 0 spiro atoms. The summed E-state index contributed by atoms with van der Waals surface area (Å²) >= 11 is 5.50. The summed E-state index contributed by atoms with van der Waals surface area (Å²) in [7, 11) is 0. The molecule has 4 heterocycles. The van der Waals surface area contributed by atoms with E-state index in [0.29, 0.717) is 0 Å². The van der Waals surface area contributed by atoms with E-state index >= 15 is 0 Å². The lowest BCUT2D eigenvalue weighted by Gasteiger charge is -2.05. The standard InChI is InChI=1S/C6H12.C5H7N.2C4H6S.C4H4S/c2*1-2-4-6-5-3-1;3*1-2-4-5-3-1/h1-6H2;1-2,4H,3,5H2;2*1,3H,2,4H2;1-4H. The Morgan fingerprint density at radius 1 is 0.630 bits per heavy atom. The van der Waals surface area contributed by atoms with Crippen molar-refractivity contribution in [3.05, 3.63) is 58.0 Å². The van der Waals surface area contributed by atoms with Gasteiger partial charge in [0.1, 0.15) is 0 Å². The Labute approximate surface area is 179 Å².